The number of anilines is 1. The minimum Gasteiger partial charge on any atom is -0.352 e. The van der Waals surface area contributed by atoms with E-state index in [9.17, 15) is 22.4 Å². The molecular weight excluding hydrogens is 516 g/mol. The summed E-state index contributed by atoms with van der Waals surface area (Å²) in [6.07, 6.45) is 4.79. The molecule has 190 valence electrons. The third kappa shape index (κ3) is 7.32. The zero-order valence-corrected chi connectivity index (χ0v) is 21.8. The molecule has 35 heavy (non-hydrogen) atoms. The van der Waals surface area contributed by atoms with Crippen LogP contribution in [-0.4, -0.2) is 50.0 Å². The Bertz CT molecular complexity index is 1170. The molecule has 0 unspecified atom stereocenters. The highest BCUT2D eigenvalue weighted by Gasteiger charge is 2.31. The van der Waals surface area contributed by atoms with E-state index in [-0.39, 0.29) is 29.2 Å². The van der Waals surface area contributed by atoms with Crippen LogP contribution in [0.25, 0.3) is 0 Å². The van der Waals surface area contributed by atoms with Crippen LogP contribution >= 0.6 is 23.2 Å². The quantitative estimate of drug-likeness (QED) is 0.508. The molecule has 0 bridgehead atoms. The molecule has 0 aromatic heterocycles. The highest BCUT2D eigenvalue weighted by Crippen LogP contribution is 2.25. The third-order valence-corrected chi connectivity index (χ3v) is 7.69. The van der Waals surface area contributed by atoms with Crippen LogP contribution in [0.1, 0.15) is 38.2 Å². The first-order valence-electron chi connectivity index (χ1n) is 11.2. The van der Waals surface area contributed by atoms with Gasteiger partial charge in [-0.1, -0.05) is 48.2 Å². The van der Waals surface area contributed by atoms with E-state index < -0.39 is 34.3 Å². The Balaban J connectivity index is 1.88. The van der Waals surface area contributed by atoms with Crippen LogP contribution < -0.4 is 9.62 Å². The number of hydrogen-bond donors (Lipinski definition) is 1. The van der Waals surface area contributed by atoms with E-state index in [2.05, 4.69) is 5.32 Å². The normalized spacial score (nSPS) is 15.0. The van der Waals surface area contributed by atoms with Crippen molar-refractivity contribution in [1.29, 1.82) is 0 Å². The molecule has 2 aromatic rings. The first-order valence-corrected chi connectivity index (χ1v) is 13.8. The van der Waals surface area contributed by atoms with Crippen LogP contribution in [0.3, 0.4) is 0 Å². The molecule has 0 radical (unpaired) electrons. The monoisotopic (exact) mass is 543 g/mol. The summed E-state index contributed by atoms with van der Waals surface area (Å²) >= 11 is 11.8. The second-order valence-corrected chi connectivity index (χ2v) is 11.4. The van der Waals surface area contributed by atoms with Crippen molar-refractivity contribution in [3.63, 3.8) is 0 Å². The SMILES string of the molecule is C[C@H](C(=O)NC1CCCC1)N(Cc1ccc(Cl)cc1)C(=O)CN(c1ccc(F)c(Cl)c1)S(C)(=O)=O. The van der Waals surface area contributed by atoms with Gasteiger partial charge in [0.15, 0.2) is 0 Å². The Kier molecular flexibility index (Phi) is 9.01. The highest BCUT2D eigenvalue weighted by atomic mass is 35.5. The Morgan fingerprint density at radius 2 is 1.74 bits per heavy atom. The lowest BCUT2D eigenvalue weighted by atomic mass is 10.1. The van der Waals surface area contributed by atoms with Crippen LogP contribution in [0.2, 0.25) is 10.0 Å². The molecule has 1 fully saturated rings. The van der Waals surface area contributed by atoms with E-state index in [1.807, 2.05) is 0 Å². The molecule has 0 saturated heterocycles. The van der Waals surface area contributed by atoms with Gasteiger partial charge in [0.1, 0.15) is 18.4 Å². The number of carbonyl (C=O) groups is 2. The van der Waals surface area contributed by atoms with Crippen molar-refractivity contribution in [3.8, 4) is 0 Å². The summed E-state index contributed by atoms with van der Waals surface area (Å²) in [5.74, 6) is -1.62. The zero-order chi connectivity index (χ0) is 25.8. The molecule has 7 nitrogen and oxygen atoms in total. The molecular formula is C24H28Cl2FN3O4S. The van der Waals surface area contributed by atoms with Crippen LogP contribution in [0, 0.1) is 5.82 Å². The summed E-state index contributed by atoms with van der Waals surface area (Å²) in [4.78, 5) is 27.8. The van der Waals surface area contributed by atoms with Gasteiger partial charge in [-0.3, -0.25) is 13.9 Å². The Morgan fingerprint density at radius 3 is 2.31 bits per heavy atom. The average Bonchev–Trinajstić information content (AvgIpc) is 3.30. The summed E-state index contributed by atoms with van der Waals surface area (Å²) in [5.41, 5.74) is 0.765. The Morgan fingerprint density at radius 1 is 1.11 bits per heavy atom. The van der Waals surface area contributed by atoms with E-state index in [1.165, 1.54) is 11.0 Å². The Labute approximate surface area is 215 Å². The fourth-order valence-corrected chi connectivity index (χ4v) is 5.16. The van der Waals surface area contributed by atoms with Gasteiger partial charge in [-0.2, -0.15) is 0 Å². The number of nitrogens with zero attached hydrogens (tertiary/aromatic N) is 2. The van der Waals surface area contributed by atoms with Gasteiger partial charge in [0, 0.05) is 17.6 Å². The maximum absolute atomic E-state index is 13.7. The van der Waals surface area contributed by atoms with Gasteiger partial charge in [-0.05, 0) is 55.7 Å². The number of hydrogen-bond acceptors (Lipinski definition) is 4. The number of nitrogens with one attached hydrogen (secondary N) is 1. The molecule has 2 aromatic carbocycles. The van der Waals surface area contributed by atoms with Crippen molar-refractivity contribution in [2.75, 3.05) is 17.1 Å². The molecule has 0 spiro atoms. The minimum atomic E-state index is -3.93. The lowest BCUT2D eigenvalue weighted by Crippen LogP contribution is -2.52. The number of amides is 2. The number of sulfonamides is 1. The van der Waals surface area contributed by atoms with Crippen LogP contribution in [-0.2, 0) is 26.2 Å². The second kappa shape index (κ2) is 11.6. The zero-order valence-electron chi connectivity index (χ0n) is 19.5. The van der Waals surface area contributed by atoms with E-state index in [0.717, 1.165) is 53.9 Å². The van der Waals surface area contributed by atoms with Gasteiger partial charge >= 0.3 is 0 Å². The molecule has 0 aliphatic heterocycles. The molecule has 1 N–H and O–H groups in total. The van der Waals surface area contributed by atoms with Gasteiger partial charge in [-0.25, -0.2) is 12.8 Å². The van der Waals surface area contributed by atoms with Gasteiger partial charge in [0.25, 0.3) is 0 Å². The molecule has 1 atom stereocenters. The molecule has 3 rings (SSSR count). The van der Waals surface area contributed by atoms with Crippen molar-refractivity contribution < 1.29 is 22.4 Å². The first kappa shape index (κ1) is 27.2. The fourth-order valence-electron chi connectivity index (χ4n) is 4.01. The molecule has 2 amide bonds. The average molecular weight is 544 g/mol. The van der Waals surface area contributed by atoms with Crippen LogP contribution in [0.15, 0.2) is 42.5 Å². The minimum absolute atomic E-state index is 0.0433. The van der Waals surface area contributed by atoms with E-state index in [0.29, 0.717) is 5.02 Å². The molecule has 1 aliphatic carbocycles. The van der Waals surface area contributed by atoms with Crippen LogP contribution in [0.5, 0.6) is 0 Å². The highest BCUT2D eigenvalue weighted by molar-refractivity contribution is 7.92. The topological polar surface area (TPSA) is 86.8 Å². The van der Waals surface area contributed by atoms with Gasteiger partial charge in [0.05, 0.1) is 17.0 Å². The predicted octanol–water partition coefficient (Wildman–Crippen LogP) is 4.37. The number of rotatable bonds is 9. The second-order valence-electron chi connectivity index (χ2n) is 8.68. The largest absolute Gasteiger partial charge is 0.352 e. The standard InChI is InChI=1S/C24H28Cl2FN3O4S/c1-16(24(32)28-19-5-3-4-6-19)29(14-17-7-9-18(25)10-8-17)23(31)15-30(35(2,33)34)20-11-12-22(27)21(26)13-20/h7-13,16,19H,3-6,14-15H2,1-2H3,(H,28,32)/t16-/m1/s1. The fraction of sp³-hybridized carbons (Fsp3) is 0.417. The molecule has 1 saturated carbocycles. The first-order chi connectivity index (χ1) is 16.5. The lowest BCUT2D eigenvalue weighted by molar-refractivity contribution is -0.139. The number of carbonyl (C=O) groups excluding carboxylic acids is 2. The van der Waals surface area contributed by atoms with E-state index in [4.69, 9.17) is 23.2 Å². The van der Waals surface area contributed by atoms with Gasteiger partial charge < -0.3 is 10.2 Å². The summed E-state index contributed by atoms with van der Waals surface area (Å²) in [6, 6.07) is 9.42. The van der Waals surface area contributed by atoms with Crippen molar-refractivity contribution >= 4 is 50.7 Å². The van der Waals surface area contributed by atoms with Crippen molar-refractivity contribution in [3.05, 3.63) is 63.9 Å². The summed E-state index contributed by atoms with van der Waals surface area (Å²) in [6.45, 7) is 1.09. The smallest absolute Gasteiger partial charge is 0.244 e. The molecule has 11 heteroatoms. The lowest BCUT2D eigenvalue weighted by Gasteiger charge is -2.32. The van der Waals surface area contributed by atoms with Crippen molar-refractivity contribution in [2.45, 2.75) is 51.2 Å². The van der Waals surface area contributed by atoms with Gasteiger partial charge in [0.2, 0.25) is 21.8 Å². The maximum atomic E-state index is 13.7. The summed E-state index contributed by atoms with van der Waals surface area (Å²) in [7, 11) is -3.93. The molecule has 0 heterocycles. The number of benzene rings is 2. The summed E-state index contributed by atoms with van der Waals surface area (Å²) < 4.78 is 39.6. The van der Waals surface area contributed by atoms with Crippen molar-refractivity contribution in [1.82, 2.24) is 10.2 Å². The van der Waals surface area contributed by atoms with E-state index in [1.54, 1.807) is 31.2 Å². The van der Waals surface area contributed by atoms with Crippen molar-refractivity contribution in [2.24, 2.45) is 0 Å². The van der Waals surface area contributed by atoms with E-state index >= 15 is 0 Å². The predicted molar refractivity (Wildman–Crippen MR) is 135 cm³/mol. The Hall–Kier alpha value is -2.36. The molecule has 1 aliphatic rings. The number of halogens is 3. The van der Waals surface area contributed by atoms with Gasteiger partial charge in [-0.15, -0.1) is 0 Å². The summed E-state index contributed by atoms with van der Waals surface area (Å²) in [5, 5.41) is 3.24. The van der Waals surface area contributed by atoms with Crippen LogP contribution in [0.4, 0.5) is 10.1 Å². The third-order valence-electron chi connectivity index (χ3n) is 6.01. The maximum Gasteiger partial charge on any atom is 0.244 e.